The maximum atomic E-state index is 6.35. The Kier molecular flexibility index (Phi) is 9.00. The van der Waals surface area contributed by atoms with Crippen LogP contribution in [0.2, 0.25) is 0 Å². The summed E-state index contributed by atoms with van der Waals surface area (Å²) in [5, 5.41) is 6.30. The first-order valence-corrected chi connectivity index (χ1v) is 5.96. The van der Waals surface area contributed by atoms with Crippen molar-refractivity contribution in [2.24, 2.45) is 11.5 Å². The molecule has 0 unspecified atom stereocenters. The molecule has 0 atom stereocenters. The van der Waals surface area contributed by atoms with Gasteiger partial charge in [0.25, 0.3) is 0 Å². The molecule has 0 rings (SSSR count). The standard InChI is InChI=1S/C11H28N4/c1-14-9-3-5-11(13,7-8-12)6-4-10-15-2/h14-15H,3-10,12-13H2,1-2H3. The van der Waals surface area contributed by atoms with Gasteiger partial charge in [0.05, 0.1) is 0 Å². The predicted octanol–water partition coefficient (Wildman–Crippen LogP) is 0.0319. The quantitative estimate of drug-likeness (QED) is 0.389. The molecule has 0 aliphatic heterocycles. The van der Waals surface area contributed by atoms with Crippen molar-refractivity contribution in [1.82, 2.24) is 10.6 Å². The molecule has 0 aromatic carbocycles. The highest BCUT2D eigenvalue weighted by atomic mass is 14.8. The van der Waals surface area contributed by atoms with Crippen LogP contribution in [0.15, 0.2) is 0 Å². The molecule has 4 heteroatoms. The summed E-state index contributed by atoms with van der Waals surface area (Å²) in [4.78, 5) is 0. The van der Waals surface area contributed by atoms with Crippen LogP contribution < -0.4 is 22.1 Å². The first-order chi connectivity index (χ1) is 7.18. The Hall–Kier alpha value is -0.160. The number of nitrogens with two attached hydrogens (primary N) is 2. The second-order valence-corrected chi connectivity index (χ2v) is 4.32. The van der Waals surface area contributed by atoms with Gasteiger partial charge in [0.2, 0.25) is 0 Å². The molecular weight excluding hydrogens is 188 g/mol. The van der Waals surface area contributed by atoms with E-state index in [1.54, 1.807) is 0 Å². The maximum Gasteiger partial charge on any atom is 0.0167 e. The van der Waals surface area contributed by atoms with E-state index in [1.165, 1.54) is 0 Å². The van der Waals surface area contributed by atoms with E-state index in [0.717, 1.165) is 45.2 Å². The summed E-state index contributed by atoms with van der Waals surface area (Å²) in [5.74, 6) is 0. The normalized spacial score (nSPS) is 12.0. The van der Waals surface area contributed by atoms with Crippen molar-refractivity contribution in [1.29, 1.82) is 0 Å². The largest absolute Gasteiger partial charge is 0.330 e. The van der Waals surface area contributed by atoms with Gasteiger partial charge in [0, 0.05) is 5.54 Å². The average Bonchev–Trinajstić information content (AvgIpc) is 2.19. The highest BCUT2D eigenvalue weighted by molar-refractivity contribution is 4.84. The molecule has 15 heavy (non-hydrogen) atoms. The lowest BCUT2D eigenvalue weighted by Crippen LogP contribution is -2.42. The lowest BCUT2D eigenvalue weighted by molar-refractivity contribution is 0.326. The lowest BCUT2D eigenvalue weighted by Gasteiger charge is -2.29. The highest BCUT2D eigenvalue weighted by Crippen LogP contribution is 2.19. The minimum Gasteiger partial charge on any atom is -0.330 e. The van der Waals surface area contributed by atoms with Gasteiger partial charge in [0.15, 0.2) is 0 Å². The molecule has 4 nitrogen and oxygen atoms in total. The van der Waals surface area contributed by atoms with Crippen LogP contribution in [0.5, 0.6) is 0 Å². The van der Waals surface area contributed by atoms with Crippen LogP contribution in [0.4, 0.5) is 0 Å². The van der Waals surface area contributed by atoms with Crippen LogP contribution in [0.25, 0.3) is 0 Å². The van der Waals surface area contributed by atoms with Crippen molar-refractivity contribution in [3.63, 3.8) is 0 Å². The number of rotatable bonds is 10. The van der Waals surface area contributed by atoms with Gasteiger partial charge in [-0.2, -0.15) is 0 Å². The molecule has 0 bridgehead atoms. The number of hydrogen-bond donors (Lipinski definition) is 4. The summed E-state index contributed by atoms with van der Waals surface area (Å²) in [6.45, 7) is 2.76. The molecule has 0 aromatic rings. The lowest BCUT2D eigenvalue weighted by atomic mass is 9.86. The number of nitrogens with one attached hydrogen (secondary N) is 2. The molecule has 0 aliphatic rings. The maximum absolute atomic E-state index is 6.35. The van der Waals surface area contributed by atoms with Crippen LogP contribution in [0.3, 0.4) is 0 Å². The first kappa shape index (κ1) is 14.8. The van der Waals surface area contributed by atoms with E-state index >= 15 is 0 Å². The van der Waals surface area contributed by atoms with Crippen molar-refractivity contribution >= 4 is 0 Å². The monoisotopic (exact) mass is 216 g/mol. The topological polar surface area (TPSA) is 76.1 Å². The van der Waals surface area contributed by atoms with E-state index in [9.17, 15) is 0 Å². The molecule has 0 saturated heterocycles. The molecule has 0 aromatic heterocycles. The Morgan fingerprint density at radius 2 is 1.40 bits per heavy atom. The fraction of sp³-hybridized carbons (Fsp3) is 1.00. The highest BCUT2D eigenvalue weighted by Gasteiger charge is 2.22. The Morgan fingerprint density at radius 3 is 1.73 bits per heavy atom. The van der Waals surface area contributed by atoms with Gasteiger partial charge in [-0.1, -0.05) is 0 Å². The second kappa shape index (κ2) is 9.09. The number of hydrogen-bond acceptors (Lipinski definition) is 4. The van der Waals surface area contributed by atoms with Gasteiger partial charge < -0.3 is 22.1 Å². The minimum atomic E-state index is -0.0531. The Balaban J connectivity index is 3.83. The third kappa shape index (κ3) is 7.73. The fourth-order valence-electron chi connectivity index (χ4n) is 1.90. The summed E-state index contributed by atoms with van der Waals surface area (Å²) in [5.41, 5.74) is 11.9. The van der Waals surface area contributed by atoms with Crippen molar-refractivity contribution in [3.8, 4) is 0 Å². The van der Waals surface area contributed by atoms with Crippen LogP contribution in [-0.2, 0) is 0 Å². The predicted molar refractivity (Wildman–Crippen MR) is 66.9 cm³/mol. The van der Waals surface area contributed by atoms with Crippen molar-refractivity contribution < 1.29 is 0 Å². The van der Waals surface area contributed by atoms with Crippen molar-refractivity contribution in [2.75, 3.05) is 33.7 Å². The van der Waals surface area contributed by atoms with Gasteiger partial charge in [0.1, 0.15) is 0 Å². The molecule has 0 saturated carbocycles. The zero-order chi connectivity index (χ0) is 11.6. The first-order valence-electron chi connectivity index (χ1n) is 5.96. The van der Waals surface area contributed by atoms with Crippen LogP contribution >= 0.6 is 0 Å². The molecule has 6 N–H and O–H groups in total. The summed E-state index contributed by atoms with van der Waals surface area (Å²) >= 11 is 0. The third-order valence-corrected chi connectivity index (χ3v) is 2.85. The van der Waals surface area contributed by atoms with Gasteiger partial charge in [-0.15, -0.1) is 0 Å². The summed E-state index contributed by atoms with van der Waals surface area (Å²) < 4.78 is 0. The van der Waals surface area contributed by atoms with Crippen molar-refractivity contribution in [2.45, 2.75) is 37.6 Å². The van der Waals surface area contributed by atoms with Gasteiger partial charge in [-0.05, 0) is 65.8 Å². The minimum absolute atomic E-state index is 0.0531. The molecule has 0 radical (unpaired) electrons. The molecule has 0 aliphatic carbocycles. The zero-order valence-electron chi connectivity index (χ0n) is 10.3. The Morgan fingerprint density at radius 1 is 0.933 bits per heavy atom. The van der Waals surface area contributed by atoms with Crippen LogP contribution in [0.1, 0.15) is 32.1 Å². The average molecular weight is 216 g/mol. The zero-order valence-corrected chi connectivity index (χ0v) is 10.3. The Bertz CT molecular complexity index is 129. The third-order valence-electron chi connectivity index (χ3n) is 2.85. The SMILES string of the molecule is CNCCCC(N)(CCN)CCCNC. The van der Waals surface area contributed by atoms with Gasteiger partial charge in [-0.25, -0.2) is 0 Å². The molecule has 0 spiro atoms. The van der Waals surface area contributed by atoms with E-state index in [0.29, 0.717) is 6.54 Å². The molecule has 0 heterocycles. The van der Waals surface area contributed by atoms with E-state index in [4.69, 9.17) is 11.5 Å². The second-order valence-electron chi connectivity index (χ2n) is 4.32. The fourth-order valence-corrected chi connectivity index (χ4v) is 1.90. The van der Waals surface area contributed by atoms with Crippen molar-refractivity contribution in [3.05, 3.63) is 0 Å². The molecule has 0 amide bonds. The summed E-state index contributed by atoms with van der Waals surface area (Å²) in [6, 6.07) is 0. The molecule has 0 fully saturated rings. The molecule has 92 valence electrons. The summed E-state index contributed by atoms with van der Waals surface area (Å²) in [6.07, 6.45) is 5.32. The van der Waals surface area contributed by atoms with Crippen LogP contribution in [0, 0.1) is 0 Å². The van der Waals surface area contributed by atoms with Crippen LogP contribution in [-0.4, -0.2) is 39.3 Å². The van der Waals surface area contributed by atoms with E-state index in [2.05, 4.69) is 10.6 Å². The summed E-state index contributed by atoms with van der Waals surface area (Å²) in [7, 11) is 3.95. The Labute approximate surface area is 94.2 Å². The smallest absolute Gasteiger partial charge is 0.0167 e. The molecular formula is C11H28N4. The van der Waals surface area contributed by atoms with Gasteiger partial charge >= 0.3 is 0 Å². The van der Waals surface area contributed by atoms with E-state index < -0.39 is 0 Å². The van der Waals surface area contributed by atoms with E-state index in [1.807, 2.05) is 14.1 Å². The van der Waals surface area contributed by atoms with Gasteiger partial charge in [-0.3, -0.25) is 0 Å². The van der Waals surface area contributed by atoms with E-state index in [-0.39, 0.29) is 5.54 Å².